The topological polar surface area (TPSA) is 48.7 Å². The van der Waals surface area contributed by atoms with Gasteiger partial charge in [0, 0.05) is 12.5 Å². The molecule has 0 saturated heterocycles. The molecule has 1 aromatic heterocycles. The zero-order valence-corrected chi connectivity index (χ0v) is 13.2. The van der Waals surface area contributed by atoms with Crippen molar-refractivity contribution in [2.24, 2.45) is 0 Å². The SMILES string of the molecule is COc1ccc(CCc2cc(=O)c3cc(OC)ccc3o2)cc1. The summed E-state index contributed by atoms with van der Waals surface area (Å²) in [6, 6.07) is 14.7. The average molecular weight is 310 g/mol. The summed E-state index contributed by atoms with van der Waals surface area (Å²) < 4.78 is 16.1. The molecule has 0 radical (unpaired) electrons. The van der Waals surface area contributed by atoms with E-state index in [1.165, 1.54) is 5.56 Å². The highest BCUT2D eigenvalue weighted by atomic mass is 16.5. The van der Waals surface area contributed by atoms with Gasteiger partial charge < -0.3 is 13.9 Å². The Morgan fingerprint density at radius 1 is 0.870 bits per heavy atom. The van der Waals surface area contributed by atoms with Crippen LogP contribution in [0, 0.1) is 0 Å². The zero-order valence-electron chi connectivity index (χ0n) is 13.2. The summed E-state index contributed by atoms with van der Waals surface area (Å²) in [6.45, 7) is 0. The van der Waals surface area contributed by atoms with Gasteiger partial charge >= 0.3 is 0 Å². The fourth-order valence-electron chi connectivity index (χ4n) is 2.50. The van der Waals surface area contributed by atoms with Crippen LogP contribution in [0.3, 0.4) is 0 Å². The molecule has 3 rings (SSSR count). The Balaban J connectivity index is 1.81. The molecule has 0 aliphatic rings. The number of benzene rings is 2. The molecular weight excluding hydrogens is 292 g/mol. The number of ether oxygens (including phenoxy) is 2. The Morgan fingerprint density at radius 3 is 2.26 bits per heavy atom. The summed E-state index contributed by atoms with van der Waals surface area (Å²) in [5.74, 6) is 2.17. The monoisotopic (exact) mass is 310 g/mol. The zero-order chi connectivity index (χ0) is 16.2. The molecule has 23 heavy (non-hydrogen) atoms. The first-order valence-electron chi connectivity index (χ1n) is 7.43. The van der Waals surface area contributed by atoms with Crippen molar-refractivity contribution in [1.29, 1.82) is 0 Å². The first-order chi connectivity index (χ1) is 11.2. The summed E-state index contributed by atoms with van der Waals surface area (Å²) in [6.07, 6.45) is 1.47. The van der Waals surface area contributed by atoms with Crippen LogP contribution in [0.1, 0.15) is 11.3 Å². The molecule has 0 N–H and O–H groups in total. The summed E-state index contributed by atoms with van der Waals surface area (Å²) in [7, 11) is 3.22. The van der Waals surface area contributed by atoms with Crippen LogP contribution in [0.2, 0.25) is 0 Å². The summed E-state index contributed by atoms with van der Waals surface area (Å²) in [5.41, 5.74) is 1.71. The molecule has 3 aromatic rings. The van der Waals surface area contributed by atoms with Crippen molar-refractivity contribution in [1.82, 2.24) is 0 Å². The molecule has 0 spiro atoms. The predicted octanol–water partition coefficient (Wildman–Crippen LogP) is 3.60. The van der Waals surface area contributed by atoms with E-state index in [2.05, 4.69) is 0 Å². The third-order valence-corrected chi connectivity index (χ3v) is 3.80. The van der Waals surface area contributed by atoms with E-state index in [-0.39, 0.29) is 5.43 Å². The lowest BCUT2D eigenvalue weighted by atomic mass is 10.1. The van der Waals surface area contributed by atoms with Crippen LogP contribution in [0.4, 0.5) is 0 Å². The molecule has 1 heterocycles. The fraction of sp³-hybridized carbons (Fsp3) is 0.211. The highest BCUT2D eigenvalue weighted by molar-refractivity contribution is 5.78. The Hall–Kier alpha value is -2.75. The van der Waals surface area contributed by atoms with Crippen LogP contribution in [0.5, 0.6) is 11.5 Å². The van der Waals surface area contributed by atoms with Gasteiger partial charge in [-0.1, -0.05) is 12.1 Å². The van der Waals surface area contributed by atoms with E-state index >= 15 is 0 Å². The van der Waals surface area contributed by atoms with Gasteiger partial charge in [-0.2, -0.15) is 0 Å². The van der Waals surface area contributed by atoms with E-state index in [9.17, 15) is 4.79 Å². The van der Waals surface area contributed by atoms with E-state index in [1.807, 2.05) is 24.3 Å². The largest absolute Gasteiger partial charge is 0.497 e. The smallest absolute Gasteiger partial charge is 0.193 e. The van der Waals surface area contributed by atoms with Crippen molar-refractivity contribution in [3.05, 3.63) is 70.1 Å². The molecule has 0 aliphatic carbocycles. The van der Waals surface area contributed by atoms with E-state index < -0.39 is 0 Å². The molecule has 0 unspecified atom stereocenters. The van der Waals surface area contributed by atoms with Gasteiger partial charge in [0.15, 0.2) is 5.43 Å². The van der Waals surface area contributed by atoms with Gasteiger partial charge in [0.05, 0.1) is 19.6 Å². The van der Waals surface area contributed by atoms with E-state index in [0.717, 1.165) is 12.2 Å². The Bertz CT molecular complexity index is 863. The second kappa shape index (κ2) is 6.57. The van der Waals surface area contributed by atoms with Gasteiger partial charge in [0.25, 0.3) is 0 Å². The fourth-order valence-corrected chi connectivity index (χ4v) is 2.50. The number of methoxy groups -OCH3 is 2. The highest BCUT2D eigenvalue weighted by Gasteiger charge is 2.07. The maximum absolute atomic E-state index is 12.2. The van der Waals surface area contributed by atoms with E-state index in [4.69, 9.17) is 13.9 Å². The minimum atomic E-state index is -0.0464. The van der Waals surface area contributed by atoms with Crippen LogP contribution < -0.4 is 14.9 Å². The summed E-state index contributed by atoms with van der Waals surface area (Å²) in [5, 5.41) is 0.539. The van der Waals surface area contributed by atoms with Crippen molar-refractivity contribution >= 4 is 11.0 Å². The van der Waals surface area contributed by atoms with Crippen LogP contribution >= 0.6 is 0 Å². The normalized spacial score (nSPS) is 10.7. The molecule has 0 atom stereocenters. The molecule has 4 nitrogen and oxygen atoms in total. The number of rotatable bonds is 5. The predicted molar refractivity (Wildman–Crippen MR) is 89.4 cm³/mol. The Kier molecular flexibility index (Phi) is 4.33. The standard InChI is InChI=1S/C19H18O4/c1-21-14-6-3-13(4-7-14)5-8-16-12-18(20)17-11-15(22-2)9-10-19(17)23-16/h3-4,6-7,9-12H,5,8H2,1-2H3. The van der Waals surface area contributed by atoms with Gasteiger partial charge in [-0.3, -0.25) is 4.79 Å². The average Bonchev–Trinajstić information content (AvgIpc) is 2.60. The van der Waals surface area contributed by atoms with E-state index in [1.54, 1.807) is 38.5 Å². The lowest BCUT2D eigenvalue weighted by Crippen LogP contribution is -2.03. The molecule has 0 bridgehead atoms. The van der Waals surface area contributed by atoms with Gasteiger partial charge in [0.1, 0.15) is 22.8 Å². The molecule has 4 heteroatoms. The van der Waals surface area contributed by atoms with Gasteiger partial charge in [-0.15, -0.1) is 0 Å². The quantitative estimate of drug-likeness (QED) is 0.722. The number of hydrogen-bond donors (Lipinski definition) is 0. The van der Waals surface area contributed by atoms with E-state index in [0.29, 0.717) is 28.9 Å². The molecule has 0 amide bonds. The van der Waals surface area contributed by atoms with Crippen molar-refractivity contribution < 1.29 is 13.9 Å². The first kappa shape index (κ1) is 15.2. The molecule has 118 valence electrons. The Labute approximate surface area is 134 Å². The third kappa shape index (κ3) is 3.37. The maximum atomic E-state index is 12.2. The lowest BCUT2D eigenvalue weighted by molar-refractivity contribution is 0.414. The van der Waals surface area contributed by atoms with Crippen molar-refractivity contribution in [2.45, 2.75) is 12.8 Å². The lowest BCUT2D eigenvalue weighted by Gasteiger charge is -2.06. The van der Waals surface area contributed by atoms with Crippen LogP contribution in [-0.2, 0) is 12.8 Å². The second-order valence-electron chi connectivity index (χ2n) is 5.29. The number of aryl methyl sites for hydroxylation is 2. The van der Waals surface area contributed by atoms with Gasteiger partial charge in [0.2, 0.25) is 0 Å². The molecule has 2 aromatic carbocycles. The highest BCUT2D eigenvalue weighted by Crippen LogP contribution is 2.20. The Morgan fingerprint density at radius 2 is 1.57 bits per heavy atom. The van der Waals surface area contributed by atoms with Crippen LogP contribution in [-0.4, -0.2) is 14.2 Å². The van der Waals surface area contributed by atoms with Crippen molar-refractivity contribution in [3.8, 4) is 11.5 Å². The number of fused-ring (bicyclic) bond motifs is 1. The third-order valence-electron chi connectivity index (χ3n) is 3.80. The summed E-state index contributed by atoms with van der Waals surface area (Å²) >= 11 is 0. The molecule has 0 aliphatic heterocycles. The minimum Gasteiger partial charge on any atom is -0.497 e. The number of hydrogen-bond acceptors (Lipinski definition) is 4. The first-order valence-corrected chi connectivity index (χ1v) is 7.43. The molecule has 0 saturated carbocycles. The maximum Gasteiger partial charge on any atom is 0.193 e. The summed E-state index contributed by atoms with van der Waals surface area (Å²) in [4.78, 5) is 12.2. The van der Waals surface area contributed by atoms with Gasteiger partial charge in [-0.25, -0.2) is 0 Å². The second-order valence-corrected chi connectivity index (χ2v) is 5.29. The van der Waals surface area contributed by atoms with Crippen molar-refractivity contribution in [3.63, 3.8) is 0 Å². The molecular formula is C19H18O4. The van der Waals surface area contributed by atoms with Gasteiger partial charge in [-0.05, 0) is 42.3 Å². The minimum absolute atomic E-state index is 0.0464. The van der Waals surface area contributed by atoms with Crippen molar-refractivity contribution in [2.75, 3.05) is 14.2 Å². The molecule has 0 fully saturated rings. The van der Waals surface area contributed by atoms with Crippen LogP contribution in [0.25, 0.3) is 11.0 Å². The van der Waals surface area contributed by atoms with Crippen LogP contribution in [0.15, 0.2) is 57.7 Å².